The zero-order chi connectivity index (χ0) is 14.2. The summed E-state index contributed by atoms with van der Waals surface area (Å²) in [5, 5.41) is 6.29. The van der Waals surface area contributed by atoms with Crippen LogP contribution in [0.3, 0.4) is 0 Å². The molecule has 0 aromatic carbocycles. The third-order valence-corrected chi connectivity index (χ3v) is 3.76. The number of amides is 1. The molecule has 0 unspecified atom stereocenters. The number of pyridine rings is 1. The Bertz CT molecular complexity index is 425. The molecule has 1 fully saturated rings. The van der Waals surface area contributed by atoms with Crippen LogP contribution >= 0.6 is 0 Å². The van der Waals surface area contributed by atoms with Crippen molar-refractivity contribution in [1.29, 1.82) is 0 Å². The van der Waals surface area contributed by atoms with Gasteiger partial charge in [0.05, 0.1) is 12.2 Å². The number of nitrogens with one attached hydrogen (secondary N) is 2. The Hall–Kier alpha value is -1.42. The minimum Gasteiger partial charge on any atom is -0.352 e. The molecule has 20 heavy (non-hydrogen) atoms. The van der Waals surface area contributed by atoms with Gasteiger partial charge in [-0.2, -0.15) is 0 Å². The van der Waals surface area contributed by atoms with E-state index in [1.807, 2.05) is 25.1 Å². The predicted molar refractivity (Wildman–Crippen MR) is 80.3 cm³/mol. The number of aryl methyl sites for hydroxylation is 1. The molecule has 0 aliphatic heterocycles. The molecule has 1 aliphatic rings. The van der Waals surface area contributed by atoms with Crippen molar-refractivity contribution in [1.82, 2.24) is 15.6 Å². The molecule has 0 saturated heterocycles. The van der Waals surface area contributed by atoms with Crippen molar-refractivity contribution in [3.63, 3.8) is 0 Å². The maximum atomic E-state index is 11.9. The van der Waals surface area contributed by atoms with Gasteiger partial charge in [0.1, 0.15) is 0 Å². The first-order valence-corrected chi connectivity index (χ1v) is 7.66. The third-order valence-electron chi connectivity index (χ3n) is 3.76. The monoisotopic (exact) mass is 275 g/mol. The molecule has 1 aromatic heterocycles. The molecular formula is C16H25N3O. The molecular weight excluding hydrogens is 250 g/mol. The zero-order valence-corrected chi connectivity index (χ0v) is 12.3. The highest BCUT2D eigenvalue weighted by atomic mass is 16.1. The lowest BCUT2D eigenvalue weighted by atomic mass is 10.1. The summed E-state index contributed by atoms with van der Waals surface area (Å²) in [6, 6.07) is 6.32. The van der Waals surface area contributed by atoms with Crippen molar-refractivity contribution in [2.45, 2.75) is 58.0 Å². The van der Waals surface area contributed by atoms with E-state index in [-0.39, 0.29) is 5.91 Å². The maximum absolute atomic E-state index is 11.9. The molecule has 2 rings (SSSR count). The Balaban J connectivity index is 1.67. The minimum atomic E-state index is 0.101. The molecule has 1 amide bonds. The van der Waals surface area contributed by atoms with Gasteiger partial charge in [-0.3, -0.25) is 9.78 Å². The van der Waals surface area contributed by atoms with Crippen molar-refractivity contribution in [3.8, 4) is 0 Å². The van der Waals surface area contributed by atoms with Crippen LogP contribution in [0, 0.1) is 6.92 Å². The van der Waals surface area contributed by atoms with E-state index < -0.39 is 0 Å². The average molecular weight is 275 g/mol. The van der Waals surface area contributed by atoms with Gasteiger partial charge in [0.15, 0.2) is 0 Å². The van der Waals surface area contributed by atoms with Crippen molar-refractivity contribution >= 4 is 5.91 Å². The molecule has 4 nitrogen and oxygen atoms in total. The van der Waals surface area contributed by atoms with Crippen LogP contribution in [0.1, 0.15) is 49.9 Å². The smallest absolute Gasteiger partial charge is 0.234 e. The maximum Gasteiger partial charge on any atom is 0.234 e. The number of nitrogens with zero attached hydrogens (tertiary/aromatic N) is 1. The Morgan fingerprint density at radius 1 is 1.25 bits per heavy atom. The molecule has 0 radical (unpaired) electrons. The predicted octanol–water partition coefficient (Wildman–Crippen LogP) is 2.32. The van der Waals surface area contributed by atoms with E-state index in [4.69, 9.17) is 0 Å². The van der Waals surface area contributed by atoms with E-state index in [1.54, 1.807) is 0 Å². The Morgan fingerprint density at radius 3 is 2.70 bits per heavy atom. The number of aromatic nitrogens is 1. The van der Waals surface area contributed by atoms with Crippen LogP contribution in [0.15, 0.2) is 18.2 Å². The summed E-state index contributed by atoms with van der Waals surface area (Å²) in [4.78, 5) is 16.3. The molecule has 1 saturated carbocycles. The Labute approximate surface area is 121 Å². The summed E-state index contributed by atoms with van der Waals surface area (Å²) in [7, 11) is 0. The fourth-order valence-electron chi connectivity index (χ4n) is 2.70. The van der Waals surface area contributed by atoms with Gasteiger partial charge in [-0.1, -0.05) is 31.7 Å². The second kappa shape index (κ2) is 8.00. The summed E-state index contributed by atoms with van der Waals surface area (Å²) in [6.45, 7) is 2.98. The lowest BCUT2D eigenvalue weighted by molar-refractivity contribution is -0.121. The SMILES string of the molecule is Cc1cccc(CNCC(=O)NC2CCCCCC2)n1. The number of carbonyl (C=O) groups excluding carboxylic acids is 1. The standard InChI is InChI=1S/C16H25N3O/c1-13-7-6-10-15(18-13)11-17-12-16(20)19-14-8-4-2-3-5-9-14/h6-7,10,14,17H,2-5,8-9,11-12H2,1H3,(H,19,20). The van der Waals surface area contributed by atoms with E-state index >= 15 is 0 Å². The van der Waals surface area contributed by atoms with Crippen molar-refractivity contribution in [3.05, 3.63) is 29.6 Å². The number of hydrogen-bond donors (Lipinski definition) is 2. The normalized spacial score (nSPS) is 16.6. The van der Waals surface area contributed by atoms with Crippen LogP contribution < -0.4 is 10.6 Å². The topological polar surface area (TPSA) is 54.0 Å². The number of rotatable bonds is 5. The van der Waals surface area contributed by atoms with Gasteiger partial charge in [-0.05, 0) is 31.9 Å². The minimum absolute atomic E-state index is 0.101. The first-order chi connectivity index (χ1) is 9.74. The fourth-order valence-corrected chi connectivity index (χ4v) is 2.70. The van der Waals surface area contributed by atoms with E-state index in [0.29, 0.717) is 19.1 Å². The molecule has 0 atom stereocenters. The number of hydrogen-bond acceptors (Lipinski definition) is 3. The Kier molecular flexibility index (Phi) is 5.99. The van der Waals surface area contributed by atoms with Gasteiger partial charge in [-0.15, -0.1) is 0 Å². The molecule has 1 aliphatic carbocycles. The quantitative estimate of drug-likeness (QED) is 0.811. The van der Waals surface area contributed by atoms with Crippen LogP contribution in [-0.2, 0) is 11.3 Å². The van der Waals surface area contributed by atoms with Gasteiger partial charge in [0.2, 0.25) is 5.91 Å². The molecule has 1 heterocycles. The summed E-state index contributed by atoms with van der Waals surface area (Å²) in [6.07, 6.45) is 7.36. The summed E-state index contributed by atoms with van der Waals surface area (Å²) in [5.41, 5.74) is 1.99. The van der Waals surface area contributed by atoms with E-state index in [0.717, 1.165) is 24.2 Å². The largest absolute Gasteiger partial charge is 0.352 e. The summed E-state index contributed by atoms with van der Waals surface area (Å²) < 4.78 is 0. The van der Waals surface area contributed by atoms with Crippen molar-refractivity contribution < 1.29 is 4.79 Å². The highest BCUT2D eigenvalue weighted by Gasteiger charge is 2.14. The molecule has 110 valence electrons. The first-order valence-electron chi connectivity index (χ1n) is 7.66. The fraction of sp³-hybridized carbons (Fsp3) is 0.625. The average Bonchev–Trinajstić information content (AvgIpc) is 2.67. The summed E-state index contributed by atoms with van der Waals surface area (Å²) in [5.74, 6) is 0.101. The second-order valence-electron chi connectivity index (χ2n) is 5.63. The molecule has 0 spiro atoms. The van der Waals surface area contributed by atoms with E-state index in [9.17, 15) is 4.79 Å². The van der Waals surface area contributed by atoms with Crippen LogP contribution in [-0.4, -0.2) is 23.5 Å². The molecule has 0 bridgehead atoms. The van der Waals surface area contributed by atoms with Gasteiger partial charge < -0.3 is 10.6 Å². The van der Waals surface area contributed by atoms with Crippen LogP contribution in [0.2, 0.25) is 0 Å². The highest BCUT2D eigenvalue weighted by Crippen LogP contribution is 2.16. The number of carbonyl (C=O) groups is 1. The van der Waals surface area contributed by atoms with Gasteiger partial charge >= 0.3 is 0 Å². The van der Waals surface area contributed by atoms with E-state index in [1.165, 1.54) is 25.7 Å². The molecule has 1 aromatic rings. The van der Waals surface area contributed by atoms with Gasteiger partial charge in [0, 0.05) is 18.3 Å². The van der Waals surface area contributed by atoms with Gasteiger partial charge in [-0.25, -0.2) is 0 Å². The second-order valence-corrected chi connectivity index (χ2v) is 5.63. The molecule has 2 N–H and O–H groups in total. The van der Waals surface area contributed by atoms with E-state index in [2.05, 4.69) is 15.6 Å². The summed E-state index contributed by atoms with van der Waals surface area (Å²) >= 11 is 0. The van der Waals surface area contributed by atoms with Crippen LogP contribution in [0.5, 0.6) is 0 Å². The van der Waals surface area contributed by atoms with Crippen LogP contribution in [0.4, 0.5) is 0 Å². The van der Waals surface area contributed by atoms with Crippen molar-refractivity contribution in [2.24, 2.45) is 0 Å². The first kappa shape index (κ1) is 15.0. The molecule has 4 heteroatoms. The third kappa shape index (κ3) is 5.29. The van der Waals surface area contributed by atoms with Crippen molar-refractivity contribution in [2.75, 3.05) is 6.54 Å². The van der Waals surface area contributed by atoms with Gasteiger partial charge in [0.25, 0.3) is 0 Å². The highest BCUT2D eigenvalue weighted by molar-refractivity contribution is 5.78. The lowest BCUT2D eigenvalue weighted by Gasteiger charge is -2.16. The lowest BCUT2D eigenvalue weighted by Crippen LogP contribution is -2.40. The Morgan fingerprint density at radius 2 is 2.00 bits per heavy atom. The zero-order valence-electron chi connectivity index (χ0n) is 12.3. The van der Waals surface area contributed by atoms with Crippen LogP contribution in [0.25, 0.3) is 0 Å².